The van der Waals surface area contributed by atoms with Gasteiger partial charge in [-0.25, -0.2) is 0 Å². The first-order valence-electron chi connectivity index (χ1n) is 7.17. The Morgan fingerprint density at radius 1 is 0.708 bits per heavy atom. The van der Waals surface area contributed by atoms with Crippen molar-refractivity contribution in [2.75, 3.05) is 0 Å². The Balaban J connectivity index is 1.94. The van der Waals surface area contributed by atoms with Gasteiger partial charge in [-0.05, 0) is 12.1 Å². The molecule has 126 valence electrons. The van der Waals surface area contributed by atoms with E-state index in [2.05, 4.69) is 0 Å². The first kappa shape index (κ1) is 16.5. The van der Waals surface area contributed by atoms with Gasteiger partial charge in [0, 0.05) is 25.7 Å². The van der Waals surface area contributed by atoms with Crippen LogP contribution >= 0.6 is 7.60 Å². The van der Waals surface area contributed by atoms with E-state index in [9.17, 15) is 23.7 Å². The third kappa shape index (κ3) is 3.01. The Hall–Kier alpha value is -2.35. The molecule has 0 unspecified atom stereocenters. The molecule has 0 N–H and O–H groups in total. The zero-order chi connectivity index (χ0) is 17.3. The van der Waals surface area contributed by atoms with Crippen molar-refractivity contribution in [2.24, 2.45) is 0 Å². The molecule has 2 aliphatic heterocycles. The predicted octanol–water partition coefficient (Wildman–Crippen LogP) is 0.666. The third-order valence-corrected chi connectivity index (χ3v) is 5.15. The number of hydroxylamine groups is 4. The van der Waals surface area contributed by atoms with Crippen LogP contribution in [0.15, 0.2) is 30.3 Å². The van der Waals surface area contributed by atoms with Gasteiger partial charge in [-0.15, -0.1) is 10.1 Å². The molecule has 3 rings (SSSR count). The van der Waals surface area contributed by atoms with Crippen LogP contribution < -0.4 is 5.30 Å². The van der Waals surface area contributed by atoms with Gasteiger partial charge in [-0.1, -0.05) is 18.2 Å². The summed E-state index contributed by atoms with van der Waals surface area (Å²) in [4.78, 5) is 46.9. The van der Waals surface area contributed by atoms with E-state index in [0.29, 0.717) is 10.1 Å². The molecule has 1 aromatic rings. The molecular formula is C14H13N2O7P. The highest BCUT2D eigenvalue weighted by Crippen LogP contribution is 2.50. The quantitative estimate of drug-likeness (QED) is 0.565. The summed E-state index contributed by atoms with van der Waals surface area (Å²) in [5.74, 6) is -2.67. The molecule has 0 saturated carbocycles. The van der Waals surface area contributed by atoms with Crippen molar-refractivity contribution >= 4 is 36.5 Å². The van der Waals surface area contributed by atoms with Gasteiger partial charge in [0.15, 0.2) is 0 Å². The molecule has 0 aliphatic carbocycles. The number of carbonyl (C=O) groups excluding carboxylic acids is 4. The number of hydrogen-bond donors (Lipinski definition) is 0. The summed E-state index contributed by atoms with van der Waals surface area (Å²) in [5.41, 5.74) is 0. The Morgan fingerprint density at radius 2 is 1.08 bits per heavy atom. The monoisotopic (exact) mass is 352 g/mol. The first-order chi connectivity index (χ1) is 11.4. The lowest BCUT2D eigenvalue weighted by Crippen LogP contribution is -2.35. The normalized spacial score (nSPS) is 18.8. The van der Waals surface area contributed by atoms with Crippen LogP contribution in [0.2, 0.25) is 0 Å². The summed E-state index contributed by atoms with van der Waals surface area (Å²) < 4.78 is 23.4. The minimum absolute atomic E-state index is 0.00463. The van der Waals surface area contributed by atoms with Crippen molar-refractivity contribution in [1.82, 2.24) is 10.1 Å². The number of nitrogens with zero attached hydrogens (tertiary/aromatic N) is 2. The summed E-state index contributed by atoms with van der Waals surface area (Å²) in [6.07, 6.45) is -0.297. The van der Waals surface area contributed by atoms with Crippen LogP contribution in [-0.4, -0.2) is 33.8 Å². The molecule has 10 heteroatoms. The zero-order valence-electron chi connectivity index (χ0n) is 12.4. The molecule has 2 saturated heterocycles. The summed E-state index contributed by atoms with van der Waals surface area (Å²) in [6.45, 7) is 0. The van der Waals surface area contributed by atoms with E-state index in [0.717, 1.165) is 0 Å². The summed E-state index contributed by atoms with van der Waals surface area (Å²) in [5, 5.41) is 0.752. The Labute approximate surface area is 136 Å². The highest BCUT2D eigenvalue weighted by Gasteiger charge is 2.44. The lowest BCUT2D eigenvalue weighted by atomic mass is 10.4. The van der Waals surface area contributed by atoms with E-state index in [1.165, 1.54) is 24.3 Å². The van der Waals surface area contributed by atoms with Crippen LogP contribution in [0.5, 0.6) is 0 Å². The molecule has 2 fully saturated rings. The highest BCUT2D eigenvalue weighted by molar-refractivity contribution is 7.62. The number of amides is 4. The van der Waals surface area contributed by atoms with E-state index < -0.39 is 31.2 Å². The standard InChI is InChI=1S/C14H13N2O7P/c17-11-6-7-12(18)15(11)22-24(21,10-4-2-1-3-5-10)23-16-13(19)8-9-14(16)20/h1-5H,6-9H2. The van der Waals surface area contributed by atoms with Crippen LogP contribution in [0.3, 0.4) is 0 Å². The van der Waals surface area contributed by atoms with E-state index in [4.69, 9.17) is 9.25 Å². The molecular weight excluding hydrogens is 339 g/mol. The smallest absolute Gasteiger partial charge is 0.272 e. The largest absolute Gasteiger partial charge is 0.404 e. The fraction of sp³-hybridized carbons (Fsp3) is 0.286. The highest BCUT2D eigenvalue weighted by atomic mass is 31.2. The van der Waals surface area contributed by atoms with Gasteiger partial charge < -0.3 is 0 Å². The molecule has 2 aliphatic rings. The first-order valence-corrected chi connectivity index (χ1v) is 8.71. The topological polar surface area (TPSA) is 110 Å². The van der Waals surface area contributed by atoms with Crippen molar-refractivity contribution in [3.8, 4) is 0 Å². The Bertz CT molecular complexity index is 690. The van der Waals surface area contributed by atoms with Gasteiger partial charge in [0.2, 0.25) is 0 Å². The molecule has 9 nitrogen and oxygen atoms in total. The maximum Gasteiger partial charge on any atom is 0.404 e. The van der Waals surface area contributed by atoms with E-state index in [-0.39, 0.29) is 31.0 Å². The number of hydrogen-bond acceptors (Lipinski definition) is 7. The van der Waals surface area contributed by atoms with Gasteiger partial charge in [0.05, 0.1) is 5.30 Å². The molecule has 0 bridgehead atoms. The van der Waals surface area contributed by atoms with Crippen molar-refractivity contribution in [3.05, 3.63) is 30.3 Å². The number of rotatable bonds is 5. The maximum absolute atomic E-state index is 13.2. The molecule has 0 aromatic heterocycles. The predicted molar refractivity (Wildman–Crippen MR) is 78.0 cm³/mol. The van der Waals surface area contributed by atoms with Crippen molar-refractivity contribution in [2.45, 2.75) is 25.7 Å². The van der Waals surface area contributed by atoms with Crippen LogP contribution in [0.1, 0.15) is 25.7 Å². The van der Waals surface area contributed by atoms with E-state index >= 15 is 0 Å². The van der Waals surface area contributed by atoms with Gasteiger partial charge in [-0.3, -0.25) is 23.7 Å². The average molecular weight is 352 g/mol. The molecule has 4 amide bonds. The average Bonchev–Trinajstić information content (AvgIpc) is 3.06. The number of benzene rings is 1. The Morgan fingerprint density at radius 3 is 1.46 bits per heavy atom. The van der Waals surface area contributed by atoms with Crippen molar-refractivity contribution in [3.63, 3.8) is 0 Å². The minimum atomic E-state index is -4.35. The van der Waals surface area contributed by atoms with E-state index in [1.807, 2.05) is 0 Å². The molecule has 24 heavy (non-hydrogen) atoms. The summed E-state index contributed by atoms with van der Waals surface area (Å²) in [6, 6.07) is 7.49. The fourth-order valence-corrected chi connectivity index (χ4v) is 3.78. The minimum Gasteiger partial charge on any atom is -0.272 e. The second-order valence-corrected chi connectivity index (χ2v) is 7.00. The van der Waals surface area contributed by atoms with Crippen LogP contribution in [0.25, 0.3) is 0 Å². The molecule has 2 heterocycles. The van der Waals surface area contributed by atoms with Gasteiger partial charge >= 0.3 is 7.60 Å². The van der Waals surface area contributed by atoms with Crippen LogP contribution in [0.4, 0.5) is 0 Å². The second kappa shape index (κ2) is 6.27. The van der Waals surface area contributed by atoms with Crippen LogP contribution in [-0.2, 0) is 33.0 Å². The van der Waals surface area contributed by atoms with Gasteiger partial charge in [0.25, 0.3) is 23.6 Å². The molecule has 0 spiro atoms. The fourth-order valence-electron chi connectivity index (χ4n) is 2.23. The van der Waals surface area contributed by atoms with Crippen LogP contribution in [0, 0.1) is 0 Å². The lowest BCUT2D eigenvalue weighted by Gasteiger charge is -2.24. The molecule has 0 atom stereocenters. The number of imide groups is 2. The number of carbonyl (C=O) groups is 4. The summed E-state index contributed by atoms with van der Waals surface area (Å²) >= 11 is 0. The second-order valence-electron chi connectivity index (χ2n) is 5.16. The lowest BCUT2D eigenvalue weighted by molar-refractivity contribution is -0.176. The Kier molecular flexibility index (Phi) is 4.31. The SMILES string of the molecule is O=C1CCC(=O)N1OP(=O)(ON1C(=O)CCC1=O)c1ccccc1. The third-order valence-electron chi connectivity index (χ3n) is 3.46. The molecule has 0 radical (unpaired) electrons. The summed E-state index contributed by atoms with van der Waals surface area (Å²) in [7, 11) is -4.35. The van der Waals surface area contributed by atoms with E-state index in [1.54, 1.807) is 6.07 Å². The molecule has 1 aromatic carbocycles. The van der Waals surface area contributed by atoms with Gasteiger partial charge in [-0.2, -0.15) is 9.25 Å². The zero-order valence-corrected chi connectivity index (χ0v) is 13.3. The maximum atomic E-state index is 13.2. The van der Waals surface area contributed by atoms with Gasteiger partial charge in [0.1, 0.15) is 0 Å². The van der Waals surface area contributed by atoms with Crippen molar-refractivity contribution in [1.29, 1.82) is 0 Å². The van der Waals surface area contributed by atoms with Crippen molar-refractivity contribution < 1.29 is 33.0 Å².